The van der Waals surface area contributed by atoms with Gasteiger partial charge in [-0.2, -0.15) is 0 Å². The molecule has 1 aromatic carbocycles. The molecule has 0 aliphatic carbocycles. The number of thiophene rings is 1. The lowest BCUT2D eigenvalue weighted by molar-refractivity contribution is -0.177. The van der Waals surface area contributed by atoms with Crippen molar-refractivity contribution in [1.29, 1.82) is 0 Å². The van der Waals surface area contributed by atoms with Crippen molar-refractivity contribution in [2.24, 2.45) is 0 Å². The Hall–Kier alpha value is -1.25. The zero-order chi connectivity index (χ0) is 16.2. The van der Waals surface area contributed by atoms with Gasteiger partial charge in [-0.25, -0.2) is 4.79 Å². The Morgan fingerprint density at radius 2 is 2.13 bits per heavy atom. The first kappa shape index (κ1) is 16.6. The quantitative estimate of drug-likeness (QED) is 0.405. The fraction of sp³-hybridized carbons (Fsp3) is 0.312. The number of methoxy groups -OCH3 is 1. The Labute approximate surface area is 145 Å². The van der Waals surface area contributed by atoms with E-state index in [2.05, 4.69) is 15.9 Å². The van der Waals surface area contributed by atoms with Gasteiger partial charge in [-0.1, -0.05) is 18.2 Å². The van der Waals surface area contributed by atoms with Crippen molar-refractivity contribution < 1.29 is 23.7 Å². The van der Waals surface area contributed by atoms with Crippen molar-refractivity contribution in [1.82, 2.24) is 0 Å². The predicted octanol–water partition coefficient (Wildman–Crippen LogP) is 3.53. The minimum Gasteiger partial charge on any atom is -0.427 e. The third-order valence-corrected chi connectivity index (χ3v) is 5.19. The molecular weight excluding hydrogens is 384 g/mol. The topological polar surface area (TPSA) is 54.0 Å². The molecule has 23 heavy (non-hydrogen) atoms. The van der Waals surface area contributed by atoms with Gasteiger partial charge in [0.15, 0.2) is 6.79 Å². The normalized spacial score (nSPS) is 18.0. The van der Waals surface area contributed by atoms with Crippen LogP contribution in [-0.2, 0) is 23.7 Å². The van der Waals surface area contributed by atoms with Crippen molar-refractivity contribution in [3.63, 3.8) is 0 Å². The molecule has 3 rings (SSSR count). The van der Waals surface area contributed by atoms with Gasteiger partial charge in [0.2, 0.25) is 6.29 Å². The standard InChI is InChI=1S/C16H15BrO5S/c1-19-6-7-20-9-21-16-13(14(17)15(18)22-16)12-8-10-4-2-3-5-11(10)23-12/h2-5,8,16H,6-7,9H2,1H3. The summed E-state index contributed by atoms with van der Waals surface area (Å²) in [7, 11) is 1.60. The van der Waals surface area contributed by atoms with E-state index in [-0.39, 0.29) is 6.79 Å². The van der Waals surface area contributed by atoms with Gasteiger partial charge in [0.25, 0.3) is 0 Å². The molecule has 0 bridgehead atoms. The Kier molecular flexibility index (Phi) is 5.45. The summed E-state index contributed by atoms with van der Waals surface area (Å²) in [5.41, 5.74) is 0.701. The molecule has 1 atom stereocenters. The van der Waals surface area contributed by atoms with Crippen LogP contribution in [-0.4, -0.2) is 39.4 Å². The number of ether oxygens (including phenoxy) is 4. The highest BCUT2D eigenvalue weighted by Gasteiger charge is 2.35. The summed E-state index contributed by atoms with van der Waals surface area (Å²) >= 11 is 4.90. The average molecular weight is 399 g/mol. The largest absolute Gasteiger partial charge is 0.427 e. The van der Waals surface area contributed by atoms with Crippen LogP contribution in [0, 0.1) is 0 Å². The zero-order valence-electron chi connectivity index (χ0n) is 12.4. The summed E-state index contributed by atoms with van der Waals surface area (Å²) in [6, 6.07) is 10.1. The molecule has 1 aromatic heterocycles. The lowest BCUT2D eigenvalue weighted by Crippen LogP contribution is -2.18. The first-order valence-corrected chi connectivity index (χ1v) is 8.59. The predicted molar refractivity (Wildman–Crippen MR) is 91.3 cm³/mol. The van der Waals surface area contributed by atoms with E-state index < -0.39 is 12.3 Å². The van der Waals surface area contributed by atoms with Crippen molar-refractivity contribution in [2.75, 3.05) is 27.1 Å². The Bertz CT molecular complexity index is 706. The fourth-order valence-electron chi connectivity index (χ4n) is 2.19. The zero-order valence-corrected chi connectivity index (χ0v) is 14.8. The maximum Gasteiger partial charge on any atom is 0.348 e. The first-order chi connectivity index (χ1) is 11.2. The number of rotatable bonds is 7. The molecule has 1 aliphatic rings. The summed E-state index contributed by atoms with van der Waals surface area (Å²) in [6.07, 6.45) is -0.771. The minimum absolute atomic E-state index is 0.0238. The molecule has 5 nitrogen and oxygen atoms in total. The molecule has 7 heteroatoms. The lowest BCUT2D eigenvalue weighted by atomic mass is 10.2. The van der Waals surface area contributed by atoms with Crippen LogP contribution in [0.5, 0.6) is 0 Å². The van der Waals surface area contributed by atoms with E-state index in [4.69, 9.17) is 18.9 Å². The second-order valence-corrected chi connectivity index (χ2v) is 6.68. The maximum atomic E-state index is 11.9. The first-order valence-electron chi connectivity index (χ1n) is 6.98. The van der Waals surface area contributed by atoms with E-state index in [0.717, 1.165) is 15.0 Å². The molecule has 2 heterocycles. The summed E-state index contributed by atoms with van der Waals surface area (Å²) in [4.78, 5) is 12.8. The number of hydrogen-bond acceptors (Lipinski definition) is 6. The Morgan fingerprint density at radius 3 is 2.91 bits per heavy atom. The van der Waals surface area contributed by atoms with Gasteiger partial charge in [0.05, 0.1) is 18.8 Å². The SMILES string of the molecule is COCCOCOC1OC(=O)C(Br)=C1c1cc2ccccc2s1. The number of hydrogen-bond donors (Lipinski definition) is 0. The number of carbonyl (C=O) groups excluding carboxylic acids is 1. The van der Waals surface area contributed by atoms with E-state index in [1.807, 2.05) is 30.3 Å². The monoisotopic (exact) mass is 398 g/mol. The van der Waals surface area contributed by atoms with Gasteiger partial charge in [-0.05, 0) is 33.4 Å². The molecule has 0 saturated heterocycles. The number of esters is 1. The highest BCUT2D eigenvalue weighted by atomic mass is 79.9. The van der Waals surface area contributed by atoms with Crippen molar-refractivity contribution in [3.8, 4) is 0 Å². The molecule has 1 unspecified atom stereocenters. The number of cyclic esters (lactones) is 1. The lowest BCUT2D eigenvalue weighted by Gasteiger charge is -2.14. The number of fused-ring (bicyclic) bond motifs is 1. The van der Waals surface area contributed by atoms with Crippen LogP contribution in [0.3, 0.4) is 0 Å². The molecule has 122 valence electrons. The highest BCUT2D eigenvalue weighted by Crippen LogP contribution is 2.40. The minimum atomic E-state index is -0.771. The van der Waals surface area contributed by atoms with E-state index in [1.54, 1.807) is 18.4 Å². The summed E-state index contributed by atoms with van der Waals surface area (Å²) in [5, 5.41) is 1.12. The van der Waals surface area contributed by atoms with Gasteiger partial charge in [-0.3, -0.25) is 0 Å². The van der Waals surface area contributed by atoms with E-state index in [1.165, 1.54) is 0 Å². The molecule has 0 radical (unpaired) electrons. The van der Waals surface area contributed by atoms with Crippen molar-refractivity contribution in [3.05, 3.63) is 39.7 Å². The van der Waals surface area contributed by atoms with Gasteiger partial charge >= 0.3 is 5.97 Å². The van der Waals surface area contributed by atoms with Crippen LogP contribution in [0.25, 0.3) is 15.7 Å². The van der Waals surface area contributed by atoms with Crippen molar-refractivity contribution >= 4 is 48.9 Å². The average Bonchev–Trinajstić information content (AvgIpc) is 3.08. The molecule has 0 spiro atoms. The van der Waals surface area contributed by atoms with Crippen LogP contribution in [0.15, 0.2) is 34.8 Å². The summed E-state index contributed by atoms with van der Waals surface area (Å²) in [6.45, 7) is 0.923. The highest BCUT2D eigenvalue weighted by molar-refractivity contribution is 9.12. The molecule has 0 amide bonds. The van der Waals surface area contributed by atoms with Gasteiger partial charge < -0.3 is 18.9 Å². The Morgan fingerprint density at radius 1 is 1.30 bits per heavy atom. The summed E-state index contributed by atoms with van der Waals surface area (Å²) < 4.78 is 22.5. The Balaban J connectivity index is 1.77. The third-order valence-electron chi connectivity index (χ3n) is 3.29. The van der Waals surface area contributed by atoms with Crippen LogP contribution >= 0.6 is 27.3 Å². The van der Waals surface area contributed by atoms with Crippen LogP contribution in [0.4, 0.5) is 0 Å². The smallest absolute Gasteiger partial charge is 0.348 e. The number of carbonyl (C=O) groups is 1. The van der Waals surface area contributed by atoms with Gasteiger partial charge in [0, 0.05) is 16.7 Å². The van der Waals surface area contributed by atoms with E-state index >= 15 is 0 Å². The fourth-order valence-corrected chi connectivity index (χ4v) is 3.94. The van der Waals surface area contributed by atoms with Crippen LogP contribution in [0.1, 0.15) is 4.88 Å². The van der Waals surface area contributed by atoms with E-state index in [0.29, 0.717) is 23.3 Å². The molecule has 2 aromatic rings. The maximum absolute atomic E-state index is 11.9. The number of benzene rings is 1. The molecule has 0 fully saturated rings. The molecular formula is C16H15BrO5S. The molecule has 1 aliphatic heterocycles. The third kappa shape index (κ3) is 3.64. The second-order valence-electron chi connectivity index (χ2n) is 4.80. The van der Waals surface area contributed by atoms with Crippen molar-refractivity contribution in [2.45, 2.75) is 6.29 Å². The second kappa shape index (κ2) is 7.55. The van der Waals surface area contributed by atoms with Crippen LogP contribution < -0.4 is 0 Å². The summed E-state index contributed by atoms with van der Waals surface area (Å²) in [5.74, 6) is -0.431. The molecule has 0 N–H and O–H groups in total. The van der Waals surface area contributed by atoms with Gasteiger partial charge in [0.1, 0.15) is 4.48 Å². The van der Waals surface area contributed by atoms with E-state index in [9.17, 15) is 4.79 Å². The molecule has 0 saturated carbocycles. The van der Waals surface area contributed by atoms with Crippen LogP contribution in [0.2, 0.25) is 0 Å². The number of halogens is 1. The van der Waals surface area contributed by atoms with Gasteiger partial charge in [-0.15, -0.1) is 11.3 Å².